The van der Waals surface area contributed by atoms with E-state index in [9.17, 15) is 48.8 Å². The van der Waals surface area contributed by atoms with Crippen molar-refractivity contribution in [3.05, 3.63) is 126 Å². The van der Waals surface area contributed by atoms with Crippen LogP contribution in [0.5, 0.6) is 0 Å². The lowest BCUT2D eigenvalue weighted by molar-refractivity contribution is -0.108. The molecule has 7 rings (SSSR count). The first-order valence-corrected chi connectivity index (χ1v) is 21.1. The summed E-state index contributed by atoms with van der Waals surface area (Å²) in [5.74, 6) is -1.02. The van der Waals surface area contributed by atoms with Crippen LogP contribution in [0.25, 0.3) is 27.6 Å². The molecule has 0 aliphatic heterocycles. The smallest absolute Gasteiger partial charge is 0.294 e. The van der Waals surface area contributed by atoms with Crippen molar-refractivity contribution < 1.29 is 48.8 Å². The Hall–Kier alpha value is -6.88. The highest BCUT2D eigenvalue weighted by Crippen LogP contribution is 2.39. The van der Waals surface area contributed by atoms with Gasteiger partial charge in [-0.2, -0.15) is 35.5 Å². The number of benzene rings is 6. The van der Waals surface area contributed by atoms with Gasteiger partial charge in [-0.1, -0.05) is 36.4 Å². The molecule has 0 spiro atoms. The number of aliphatic hydroxyl groups is 1. The Morgan fingerprint density at radius 1 is 0.576 bits per heavy atom. The fourth-order valence-corrected chi connectivity index (χ4v) is 7.57. The lowest BCUT2D eigenvalue weighted by Gasteiger charge is -2.14. The van der Waals surface area contributed by atoms with Crippen LogP contribution in [0.2, 0.25) is 0 Å². The van der Waals surface area contributed by atoms with E-state index in [4.69, 9.17) is 5.41 Å². The summed E-state index contributed by atoms with van der Waals surface area (Å²) < 4.78 is 101. The first-order chi connectivity index (χ1) is 27.8. The highest BCUT2D eigenvalue weighted by molar-refractivity contribution is 7.86. The number of allylic oxidation sites excluding steroid dienone is 1. The van der Waals surface area contributed by atoms with Crippen molar-refractivity contribution in [1.82, 2.24) is 0 Å². The zero-order chi connectivity index (χ0) is 42.3. The summed E-state index contributed by atoms with van der Waals surface area (Å²) in [6.07, 6.45) is 2.59. The van der Waals surface area contributed by atoms with E-state index < -0.39 is 51.8 Å². The van der Waals surface area contributed by atoms with Crippen LogP contribution < -0.4 is 5.43 Å². The van der Waals surface area contributed by atoms with Crippen LogP contribution in [-0.4, -0.2) is 61.4 Å². The van der Waals surface area contributed by atoms with Crippen LogP contribution in [0, 0.1) is 5.41 Å². The van der Waals surface area contributed by atoms with Gasteiger partial charge in [0, 0.05) is 33.5 Å². The summed E-state index contributed by atoms with van der Waals surface area (Å²) in [5.41, 5.74) is 5.05. The van der Waals surface area contributed by atoms with Crippen LogP contribution in [0.15, 0.2) is 149 Å². The Labute approximate surface area is 334 Å². The Bertz CT molecular complexity index is 3240. The van der Waals surface area contributed by atoms with E-state index in [1.165, 1.54) is 66.7 Å². The molecule has 21 heteroatoms. The Morgan fingerprint density at radius 3 is 1.68 bits per heavy atom. The molecular formula is C38H27N7O11S3. The normalized spacial score (nSPS) is 14.2. The molecule has 6 N–H and O–H groups in total. The van der Waals surface area contributed by atoms with Gasteiger partial charge >= 0.3 is 0 Å². The van der Waals surface area contributed by atoms with Gasteiger partial charge in [0.15, 0.2) is 5.90 Å². The van der Waals surface area contributed by atoms with Crippen LogP contribution >= 0.6 is 0 Å². The molecule has 0 bridgehead atoms. The Balaban J connectivity index is 1.28. The van der Waals surface area contributed by atoms with Gasteiger partial charge < -0.3 is 5.11 Å². The molecule has 0 atom stereocenters. The standard InChI is InChI=1S/C38H27N7O11S3/c39-37(47)17-21-1-4-23(5-2-21)40-41-32-12-14-34(30-19-25(58(51,52)53)7-10-28(30)32)42-43-35-15-13-33(29-11-8-26(20-31(29)35)59(54,55)56)44-45-38-27-9-6-24(57(48,49)50)18-22(27)3-16-36(38)46/h1-16,18-20,44H,17H2,(H2,39,47)(H,48,49,50)(H,51,52,53)(H,54,55,56)/b41-40?,43-42?,45-38-. The predicted octanol–water partition coefficient (Wildman–Crippen LogP) is 8.05. The first-order valence-electron chi connectivity index (χ1n) is 16.8. The number of fused-ring (bicyclic) bond motifs is 3. The third kappa shape index (κ3) is 8.84. The van der Waals surface area contributed by atoms with Crippen LogP contribution in [-0.2, 0) is 41.6 Å². The van der Waals surface area contributed by atoms with E-state index in [1.54, 1.807) is 30.3 Å². The van der Waals surface area contributed by atoms with Crippen molar-refractivity contribution in [2.75, 3.05) is 5.43 Å². The summed E-state index contributed by atoms with van der Waals surface area (Å²) in [7, 11) is -13.9. The molecule has 0 radical (unpaired) electrons. The number of azo groups is 2. The van der Waals surface area contributed by atoms with Crippen molar-refractivity contribution in [3.8, 4) is 0 Å². The first kappa shape index (κ1) is 40.3. The van der Waals surface area contributed by atoms with Gasteiger partial charge in [0.05, 0.1) is 43.1 Å². The molecule has 1 aliphatic rings. The average Bonchev–Trinajstić information content (AvgIpc) is 3.18. The number of hydrogen-bond acceptors (Lipinski definition) is 14. The third-order valence-corrected chi connectivity index (χ3v) is 11.4. The number of nitrogens with one attached hydrogen (secondary N) is 2. The average molecular weight is 854 g/mol. The fourth-order valence-electron chi connectivity index (χ4n) is 6.04. The number of hydrazone groups is 1. The third-order valence-electron chi connectivity index (χ3n) is 8.86. The molecule has 6 aromatic rings. The van der Waals surface area contributed by atoms with E-state index in [2.05, 4.69) is 31.0 Å². The van der Waals surface area contributed by atoms with Crippen molar-refractivity contribution in [2.45, 2.75) is 21.1 Å². The largest absolute Gasteiger partial charge is 0.497 e. The van der Waals surface area contributed by atoms with E-state index in [1.807, 2.05) is 0 Å². The van der Waals surface area contributed by atoms with Gasteiger partial charge in [0.1, 0.15) is 5.71 Å². The zero-order valence-corrected chi connectivity index (χ0v) is 32.2. The maximum atomic E-state index is 12.9. The van der Waals surface area contributed by atoms with Gasteiger partial charge in [-0.15, -0.1) is 15.3 Å². The lowest BCUT2D eigenvalue weighted by Crippen LogP contribution is -2.19. The van der Waals surface area contributed by atoms with Crippen molar-refractivity contribution in [2.24, 2.45) is 25.6 Å². The van der Waals surface area contributed by atoms with Gasteiger partial charge in [-0.3, -0.25) is 29.3 Å². The van der Waals surface area contributed by atoms with E-state index in [0.29, 0.717) is 27.6 Å². The quantitative estimate of drug-likeness (QED) is 0.0237. The molecule has 0 aromatic heterocycles. The molecule has 298 valence electrons. The Morgan fingerprint density at radius 2 is 1.08 bits per heavy atom. The lowest BCUT2D eigenvalue weighted by atomic mass is 9.95. The number of carbonyl (C=O) groups excluding carboxylic acids is 1. The fraction of sp³-hybridized carbons (Fsp3) is 0.0263. The van der Waals surface area contributed by atoms with E-state index in [-0.39, 0.29) is 56.1 Å². The Kier molecular flexibility index (Phi) is 10.6. The number of rotatable bonds is 11. The van der Waals surface area contributed by atoms with Gasteiger partial charge in [-0.25, -0.2) is 0 Å². The second kappa shape index (κ2) is 15.5. The summed E-state index contributed by atoms with van der Waals surface area (Å²) in [6, 6.07) is 23.5. The van der Waals surface area contributed by atoms with Crippen LogP contribution in [0.1, 0.15) is 16.7 Å². The minimum atomic E-state index is -4.71. The van der Waals surface area contributed by atoms with Crippen molar-refractivity contribution >= 4 is 104 Å². The van der Waals surface area contributed by atoms with Gasteiger partial charge in [0.2, 0.25) is 5.78 Å². The summed E-state index contributed by atoms with van der Waals surface area (Å²) in [5, 5.41) is 38.9. The minimum absolute atomic E-state index is 0.0458. The van der Waals surface area contributed by atoms with Gasteiger partial charge in [0.25, 0.3) is 30.4 Å². The number of anilines is 1. The van der Waals surface area contributed by atoms with E-state index in [0.717, 1.165) is 18.2 Å². The zero-order valence-electron chi connectivity index (χ0n) is 29.8. The molecule has 6 aromatic carbocycles. The second-order valence-electron chi connectivity index (χ2n) is 12.8. The van der Waals surface area contributed by atoms with Crippen molar-refractivity contribution in [1.29, 1.82) is 5.41 Å². The molecule has 0 saturated heterocycles. The highest BCUT2D eigenvalue weighted by Gasteiger charge is 2.22. The number of hydrogen-bond donors (Lipinski definition) is 6. The van der Waals surface area contributed by atoms with Crippen LogP contribution in [0.3, 0.4) is 0 Å². The highest BCUT2D eigenvalue weighted by atomic mass is 32.2. The number of aliphatic hydroxyl groups excluding tert-OH is 1. The summed E-state index contributed by atoms with van der Waals surface area (Å²) in [6.45, 7) is 0. The maximum Gasteiger partial charge on any atom is 0.294 e. The summed E-state index contributed by atoms with van der Waals surface area (Å²) >= 11 is 0. The van der Waals surface area contributed by atoms with Gasteiger partial charge in [-0.05, 0) is 90.0 Å². The van der Waals surface area contributed by atoms with Crippen LogP contribution in [0.4, 0.5) is 28.4 Å². The molecule has 0 saturated carbocycles. The molecule has 0 heterocycles. The van der Waals surface area contributed by atoms with Crippen molar-refractivity contribution in [3.63, 3.8) is 0 Å². The number of ketones is 1. The molecule has 0 unspecified atom stereocenters. The monoisotopic (exact) mass is 853 g/mol. The molecule has 18 nitrogen and oxygen atoms in total. The molecule has 0 amide bonds. The molecule has 59 heavy (non-hydrogen) atoms. The molecule has 0 fully saturated rings. The predicted molar refractivity (Wildman–Crippen MR) is 217 cm³/mol. The SMILES string of the molecule is N=C(O)Cc1ccc(N=Nc2ccc(N=Nc3ccc(N/N=C4\C(=O)C=Cc5cc(S(=O)(=O)O)ccc54)c4ccc(S(=O)(=O)O)cc34)c3cc(S(=O)(=O)O)ccc23)cc1. The second-order valence-corrected chi connectivity index (χ2v) is 17.0. The molecular weight excluding hydrogens is 827 g/mol. The minimum Gasteiger partial charge on any atom is -0.497 e. The molecule has 1 aliphatic carbocycles. The number of nitrogens with zero attached hydrogens (tertiary/aromatic N) is 5. The number of carbonyl (C=O) groups is 1. The topological polar surface area (TPSA) is 298 Å². The van der Waals surface area contributed by atoms with E-state index >= 15 is 0 Å². The summed E-state index contributed by atoms with van der Waals surface area (Å²) in [4.78, 5) is 11.5. The maximum absolute atomic E-state index is 12.9.